The molecule has 2 rings (SSSR count). The maximum atomic E-state index is 13.4. The Labute approximate surface area is 161 Å². The van der Waals surface area contributed by atoms with Crippen molar-refractivity contribution >= 4 is 5.91 Å². The van der Waals surface area contributed by atoms with E-state index in [1.807, 2.05) is 49.1 Å². The minimum Gasteiger partial charge on any atom is -0.356 e. The van der Waals surface area contributed by atoms with Gasteiger partial charge in [0.15, 0.2) is 6.29 Å². The van der Waals surface area contributed by atoms with Crippen molar-refractivity contribution in [3.63, 3.8) is 0 Å². The van der Waals surface area contributed by atoms with E-state index in [0.717, 1.165) is 5.56 Å². The Morgan fingerprint density at radius 2 is 1.89 bits per heavy atom. The first kappa shape index (κ1) is 21.2. The summed E-state index contributed by atoms with van der Waals surface area (Å²) in [5.41, 5.74) is 9.47. The number of likely N-dealkylation sites (N-methyl/N-ethyl adjacent to an activating group) is 1. The topological polar surface area (TPSA) is 87.5 Å². The SMILES string of the molecule is CCN(CC)C(=O)[C@@]1(c2ccccc2)C[C@H]1[C@H](CCC(OC)OC)N=[N+]=[N-]. The van der Waals surface area contributed by atoms with Crippen LogP contribution in [0, 0.1) is 5.92 Å². The third-order valence-electron chi connectivity index (χ3n) is 5.62. The summed E-state index contributed by atoms with van der Waals surface area (Å²) in [6.45, 7) is 5.31. The van der Waals surface area contributed by atoms with Gasteiger partial charge in [-0.15, -0.1) is 0 Å². The number of rotatable bonds is 11. The van der Waals surface area contributed by atoms with Crippen molar-refractivity contribution in [1.29, 1.82) is 0 Å². The van der Waals surface area contributed by atoms with Gasteiger partial charge in [-0.05, 0) is 50.1 Å². The second kappa shape index (κ2) is 9.74. The smallest absolute Gasteiger partial charge is 0.233 e. The molecule has 0 aliphatic heterocycles. The Morgan fingerprint density at radius 3 is 2.41 bits per heavy atom. The first-order chi connectivity index (χ1) is 13.1. The van der Waals surface area contributed by atoms with Gasteiger partial charge in [0.2, 0.25) is 5.91 Å². The molecule has 27 heavy (non-hydrogen) atoms. The molecule has 0 aromatic heterocycles. The molecule has 3 atom stereocenters. The number of hydrogen-bond donors (Lipinski definition) is 0. The fourth-order valence-corrected chi connectivity index (χ4v) is 4.03. The van der Waals surface area contributed by atoms with Crippen molar-refractivity contribution in [2.24, 2.45) is 11.0 Å². The van der Waals surface area contributed by atoms with Crippen molar-refractivity contribution in [3.05, 3.63) is 46.3 Å². The molecule has 7 nitrogen and oxygen atoms in total. The van der Waals surface area contributed by atoms with Crippen molar-refractivity contribution in [1.82, 2.24) is 4.90 Å². The van der Waals surface area contributed by atoms with Crippen LogP contribution in [0.15, 0.2) is 35.4 Å². The minimum atomic E-state index is -0.609. The average molecular weight is 374 g/mol. The van der Waals surface area contributed by atoms with Crippen molar-refractivity contribution in [3.8, 4) is 0 Å². The number of benzene rings is 1. The lowest BCUT2D eigenvalue weighted by Crippen LogP contribution is -2.41. The maximum Gasteiger partial charge on any atom is 0.233 e. The van der Waals surface area contributed by atoms with Gasteiger partial charge < -0.3 is 14.4 Å². The highest BCUT2D eigenvalue weighted by Gasteiger charge is 2.64. The second-order valence-corrected chi connectivity index (χ2v) is 6.88. The van der Waals surface area contributed by atoms with Crippen LogP contribution in [0.2, 0.25) is 0 Å². The van der Waals surface area contributed by atoms with Crippen LogP contribution < -0.4 is 0 Å². The zero-order valence-electron chi connectivity index (χ0n) is 16.7. The summed E-state index contributed by atoms with van der Waals surface area (Å²) in [6, 6.07) is 9.58. The van der Waals surface area contributed by atoms with Crippen molar-refractivity contribution in [2.75, 3.05) is 27.3 Å². The van der Waals surface area contributed by atoms with Gasteiger partial charge in [-0.25, -0.2) is 0 Å². The van der Waals surface area contributed by atoms with E-state index in [9.17, 15) is 4.79 Å². The van der Waals surface area contributed by atoms with E-state index in [2.05, 4.69) is 10.0 Å². The summed E-state index contributed by atoms with van der Waals surface area (Å²) < 4.78 is 10.5. The Morgan fingerprint density at radius 1 is 1.26 bits per heavy atom. The molecule has 1 aliphatic rings. The molecule has 0 saturated heterocycles. The van der Waals surface area contributed by atoms with Crippen LogP contribution >= 0.6 is 0 Å². The molecule has 0 N–H and O–H groups in total. The Hall–Kier alpha value is -2.08. The molecule has 1 aliphatic carbocycles. The van der Waals surface area contributed by atoms with Gasteiger partial charge in [0, 0.05) is 38.3 Å². The highest BCUT2D eigenvalue weighted by molar-refractivity contribution is 5.92. The molecule has 1 fully saturated rings. The number of amides is 1. The third-order valence-corrected chi connectivity index (χ3v) is 5.62. The molecular weight excluding hydrogens is 344 g/mol. The third kappa shape index (κ3) is 4.43. The monoisotopic (exact) mass is 374 g/mol. The number of ether oxygens (including phenoxy) is 2. The van der Waals surface area contributed by atoms with Crippen LogP contribution in [0.3, 0.4) is 0 Å². The first-order valence-corrected chi connectivity index (χ1v) is 9.53. The van der Waals surface area contributed by atoms with Crippen LogP contribution in [0.5, 0.6) is 0 Å². The summed E-state index contributed by atoms with van der Waals surface area (Å²) in [6.07, 6.45) is 1.57. The number of hydrogen-bond acceptors (Lipinski definition) is 4. The molecule has 148 valence electrons. The van der Waals surface area contributed by atoms with Crippen molar-refractivity contribution in [2.45, 2.75) is 50.9 Å². The molecule has 1 amide bonds. The van der Waals surface area contributed by atoms with Crippen LogP contribution in [-0.4, -0.2) is 50.4 Å². The zero-order valence-corrected chi connectivity index (χ0v) is 16.7. The van der Waals surface area contributed by atoms with E-state index < -0.39 is 5.41 Å². The quantitative estimate of drug-likeness (QED) is 0.255. The molecule has 0 spiro atoms. The average Bonchev–Trinajstić information content (AvgIpc) is 3.46. The van der Waals surface area contributed by atoms with Gasteiger partial charge in [-0.1, -0.05) is 35.4 Å². The predicted molar refractivity (Wildman–Crippen MR) is 104 cm³/mol. The van der Waals surface area contributed by atoms with Gasteiger partial charge in [0.25, 0.3) is 0 Å². The first-order valence-electron chi connectivity index (χ1n) is 9.53. The van der Waals surface area contributed by atoms with Gasteiger partial charge >= 0.3 is 0 Å². The van der Waals surface area contributed by atoms with E-state index >= 15 is 0 Å². The van der Waals surface area contributed by atoms with Crippen LogP contribution in [0.4, 0.5) is 0 Å². The van der Waals surface area contributed by atoms with Gasteiger partial charge in [-0.3, -0.25) is 4.79 Å². The highest BCUT2D eigenvalue weighted by atomic mass is 16.7. The number of carbonyl (C=O) groups excluding carboxylic acids is 1. The predicted octanol–water partition coefficient (Wildman–Crippen LogP) is 3.89. The van der Waals surface area contributed by atoms with E-state index in [1.165, 1.54) is 0 Å². The Bertz CT molecular complexity index is 654. The summed E-state index contributed by atoms with van der Waals surface area (Å²) in [5, 5.41) is 4.04. The van der Waals surface area contributed by atoms with Crippen LogP contribution in [0.25, 0.3) is 10.4 Å². The summed E-state index contributed by atoms with van der Waals surface area (Å²) in [7, 11) is 3.18. The second-order valence-electron chi connectivity index (χ2n) is 6.88. The molecule has 0 bridgehead atoms. The minimum absolute atomic E-state index is 0.0155. The number of methoxy groups -OCH3 is 2. The van der Waals surface area contributed by atoms with Crippen LogP contribution in [0.1, 0.15) is 38.7 Å². The largest absolute Gasteiger partial charge is 0.356 e. The standard InChI is InChI=1S/C20H30N4O3/c1-5-24(6-2)19(25)20(15-10-8-7-9-11-15)14-16(20)17(22-23-21)12-13-18(26-3)27-4/h7-11,16-18H,5-6,12-14H2,1-4H3/t16-,17-,20+/m0/s1. The zero-order chi connectivity index (χ0) is 19.9. The molecule has 0 unspecified atom stereocenters. The van der Waals surface area contributed by atoms with Gasteiger partial charge in [0.05, 0.1) is 5.41 Å². The number of nitrogens with zero attached hydrogens (tertiary/aromatic N) is 4. The molecule has 7 heteroatoms. The van der Waals surface area contributed by atoms with E-state index in [-0.39, 0.29) is 24.2 Å². The lowest BCUT2D eigenvalue weighted by molar-refractivity contribution is -0.134. The molecule has 1 saturated carbocycles. The molecule has 0 radical (unpaired) electrons. The van der Waals surface area contributed by atoms with E-state index in [1.54, 1.807) is 14.2 Å². The van der Waals surface area contributed by atoms with Crippen LogP contribution in [-0.2, 0) is 19.7 Å². The summed E-state index contributed by atoms with van der Waals surface area (Å²) >= 11 is 0. The normalized spacial score (nSPS) is 22.2. The van der Waals surface area contributed by atoms with E-state index in [0.29, 0.717) is 32.4 Å². The lowest BCUT2D eigenvalue weighted by atomic mass is 9.88. The summed E-state index contributed by atoms with van der Waals surface area (Å²) in [5.74, 6) is 0.107. The fourth-order valence-electron chi connectivity index (χ4n) is 4.03. The van der Waals surface area contributed by atoms with Gasteiger partial charge in [-0.2, -0.15) is 0 Å². The molecule has 1 aromatic rings. The molecule has 1 aromatic carbocycles. The van der Waals surface area contributed by atoms with Gasteiger partial charge in [0.1, 0.15) is 0 Å². The molecule has 0 heterocycles. The summed E-state index contributed by atoms with van der Waals surface area (Å²) in [4.78, 5) is 18.3. The Balaban J connectivity index is 2.31. The molecular formula is C20H30N4O3. The maximum absolute atomic E-state index is 13.4. The highest BCUT2D eigenvalue weighted by Crippen LogP contribution is 2.58. The Kier molecular flexibility index (Phi) is 7.66. The fraction of sp³-hybridized carbons (Fsp3) is 0.650. The van der Waals surface area contributed by atoms with E-state index in [4.69, 9.17) is 15.0 Å². The number of carbonyl (C=O) groups is 1. The lowest BCUT2D eigenvalue weighted by Gasteiger charge is -2.28. The van der Waals surface area contributed by atoms with Crippen molar-refractivity contribution < 1.29 is 14.3 Å². The number of azide groups is 1.